The number of hydrogen-bond acceptors (Lipinski definition) is 4. The fourth-order valence-electron chi connectivity index (χ4n) is 10.1. The van der Waals surface area contributed by atoms with Crippen LogP contribution in [-0.4, -0.2) is 15.0 Å². The van der Waals surface area contributed by atoms with Gasteiger partial charge in [0.1, 0.15) is 0 Å². The largest absolute Gasteiger partial charge is 0.208 e. The third-order valence-corrected chi connectivity index (χ3v) is 14.6. The van der Waals surface area contributed by atoms with Crippen LogP contribution in [0, 0.1) is 0 Å². The van der Waals surface area contributed by atoms with E-state index in [4.69, 9.17) is 15.0 Å². The van der Waals surface area contributed by atoms with Crippen LogP contribution in [-0.2, 0) is 0 Å². The second kappa shape index (κ2) is 17.1. The minimum Gasteiger partial charge on any atom is -0.208 e. The van der Waals surface area contributed by atoms with Crippen LogP contribution in [0.2, 0.25) is 0 Å². The summed E-state index contributed by atoms with van der Waals surface area (Å²) in [7, 11) is 0. The average molecular weight is 896 g/mol. The van der Waals surface area contributed by atoms with Crippen molar-refractivity contribution < 1.29 is 0 Å². The zero-order valence-electron chi connectivity index (χ0n) is 37.4. The van der Waals surface area contributed by atoms with Crippen LogP contribution in [0.25, 0.3) is 132 Å². The van der Waals surface area contributed by atoms with Gasteiger partial charge in [-0.2, -0.15) is 0 Å². The lowest BCUT2D eigenvalue weighted by Crippen LogP contribution is -2.01. The number of aromatic nitrogens is 3. The molecular weight excluding hydrogens is 855 g/mol. The molecule has 13 rings (SSSR count). The van der Waals surface area contributed by atoms with E-state index in [1.807, 2.05) is 23.5 Å². The molecule has 11 aromatic carbocycles. The van der Waals surface area contributed by atoms with Crippen molar-refractivity contribution in [2.45, 2.75) is 0 Å². The molecule has 0 fully saturated rings. The zero-order chi connectivity index (χ0) is 45.7. The number of nitrogens with zero attached hydrogens (tertiary/aromatic N) is 3. The van der Waals surface area contributed by atoms with Gasteiger partial charge in [0.05, 0.1) is 0 Å². The molecule has 4 heteroatoms. The van der Waals surface area contributed by atoms with Gasteiger partial charge >= 0.3 is 0 Å². The maximum Gasteiger partial charge on any atom is 0.164 e. The zero-order valence-corrected chi connectivity index (χ0v) is 38.2. The topological polar surface area (TPSA) is 38.7 Å². The Balaban J connectivity index is 0.893. The standard InChI is InChI=1S/C65H41N3S/c1-3-16-42(17-4-1)43-30-34-46(35-31-43)63-66-64(68-65(67-63)58-25-12-7-20-48(58)44-18-5-2-6-19-44)47-36-32-45(33-37-47)49-38-39-54(51-22-9-8-21-50(49)51)55-40-41-56(53-24-11-10-23-52(53)55)57-27-15-29-61-62(57)59-26-13-14-28-60(59)69-61/h1-41H. The number of rotatable bonds is 8. The van der Waals surface area contributed by atoms with Gasteiger partial charge in [-0.1, -0.05) is 237 Å². The molecule has 0 saturated heterocycles. The van der Waals surface area contributed by atoms with Crippen molar-refractivity contribution in [2.75, 3.05) is 0 Å². The van der Waals surface area contributed by atoms with E-state index in [1.165, 1.54) is 75.1 Å². The van der Waals surface area contributed by atoms with Crippen LogP contribution in [0.4, 0.5) is 0 Å². The molecule has 0 saturated carbocycles. The molecule has 0 radical (unpaired) electrons. The molecule has 0 unspecified atom stereocenters. The fraction of sp³-hybridized carbons (Fsp3) is 0. The van der Waals surface area contributed by atoms with Crippen LogP contribution in [0.5, 0.6) is 0 Å². The Morgan fingerprint density at radius 1 is 0.203 bits per heavy atom. The molecule has 0 N–H and O–H groups in total. The molecule has 0 atom stereocenters. The van der Waals surface area contributed by atoms with Crippen molar-refractivity contribution in [1.29, 1.82) is 0 Å². The molecule has 0 bridgehead atoms. The number of hydrogen-bond donors (Lipinski definition) is 0. The molecule has 69 heavy (non-hydrogen) atoms. The lowest BCUT2D eigenvalue weighted by Gasteiger charge is -2.16. The maximum absolute atomic E-state index is 5.20. The highest BCUT2D eigenvalue weighted by atomic mass is 32.1. The minimum absolute atomic E-state index is 0.621. The van der Waals surface area contributed by atoms with E-state index in [0.29, 0.717) is 17.5 Å². The van der Waals surface area contributed by atoms with Crippen LogP contribution in [0.15, 0.2) is 249 Å². The monoisotopic (exact) mass is 895 g/mol. The van der Waals surface area contributed by atoms with Gasteiger partial charge in [0.25, 0.3) is 0 Å². The Hall–Kier alpha value is -8.83. The first kappa shape index (κ1) is 40.4. The number of fused-ring (bicyclic) bond motifs is 5. The second-order valence-electron chi connectivity index (χ2n) is 17.4. The van der Waals surface area contributed by atoms with Crippen LogP contribution in [0.1, 0.15) is 0 Å². The van der Waals surface area contributed by atoms with Crippen LogP contribution in [0.3, 0.4) is 0 Å². The van der Waals surface area contributed by atoms with Gasteiger partial charge in [-0.3, -0.25) is 0 Å². The highest BCUT2D eigenvalue weighted by Gasteiger charge is 2.19. The molecule has 0 aliphatic heterocycles. The SMILES string of the molecule is c1ccc(-c2ccc(-c3nc(-c4ccc(-c5ccc(-c6ccc(-c7cccc8sc9ccccc9c78)c7ccccc67)c6ccccc56)cc4)nc(-c4ccccc4-c4ccccc4)n3)cc2)cc1. The van der Waals surface area contributed by atoms with Gasteiger partial charge in [-0.25, -0.2) is 15.0 Å². The Morgan fingerprint density at radius 3 is 1.19 bits per heavy atom. The summed E-state index contributed by atoms with van der Waals surface area (Å²) in [5.74, 6) is 1.88. The van der Waals surface area contributed by atoms with Gasteiger partial charge in [-0.15, -0.1) is 11.3 Å². The molecule has 0 aliphatic carbocycles. The highest BCUT2D eigenvalue weighted by Crippen LogP contribution is 2.45. The third kappa shape index (κ3) is 7.26. The van der Waals surface area contributed by atoms with Crippen molar-refractivity contribution >= 4 is 53.1 Å². The summed E-state index contributed by atoms with van der Waals surface area (Å²) >= 11 is 1.87. The van der Waals surface area contributed by atoms with Crippen molar-refractivity contribution in [3.05, 3.63) is 249 Å². The Bertz CT molecular complexity index is 4050. The third-order valence-electron chi connectivity index (χ3n) is 13.4. The van der Waals surface area contributed by atoms with E-state index in [9.17, 15) is 0 Å². The average Bonchev–Trinajstić information content (AvgIpc) is 3.82. The van der Waals surface area contributed by atoms with E-state index < -0.39 is 0 Å². The molecule has 2 heterocycles. The minimum atomic E-state index is 0.621. The predicted molar refractivity (Wildman–Crippen MR) is 291 cm³/mol. The Labute approximate surface area is 404 Å². The molecular formula is C65H41N3S. The molecule has 0 aliphatic rings. The van der Waals surface area contributed by atoms with E-state index in [-0.39, 0.29) is 0 Å². The maximum atomic E-state index is 5.20. The summed E-state index contributed by atoms with van der Waals surface area (Å²) in [6.45, 7) is 0. The summed E-state index contributed by atoms with van der Waals surface area (Å²) in [5.41, 5.74) is 14.5. The van der Waals surface area contributed by atoms with E-state index in [0.717, 1.165) is 38.9 Å². The first-order chi connectivity index (χ1) is 34.2. The van der Waals surface area contributed by atoms with Crippen molar-refractivity contribution in [3.8, 4) is 89.8 Å². The molecule has 322 valence electrons. The van der Waals surface area contributed by atoms with E-state index in [1.54, 1.807) is 0 Å². The van der Waals surface area contributed by atoms with E-state index in [2.05, 4.69) is 237 Å². The second-order valence-corrected chi connectivity index (χ2v) is 18.5. The van der Waals surface area contributed by atoms with Gasteiger partial charge in [0.15, 0.2) is 17.5 Å². The molecule has 0 spiro atoms. The number of benzene rings is 11. The summed E-state index contributed by atoms with van der Waals surface area (Å²) in [4.78, 5) is 15.5. The molecule has 13 aromatic rings. The Morgan fingerprint density at radius 2 is 0.580 bits per heavy atom. The first-order valence-corrected chi connectivity index (χ1v) is 24.2. The summed E-state index contributed by atoms with van der Waals surface area (Å²) in [5, 5.41) is 7.54. The predicted octanol–water partition coefficient (Wildman–Crippen LogP) is 17.9. The normalized spacial score (nSPS) is 11.5. The van der Waals surface area contributed by atoms with Crippen molar-refractivity contribution in [1.82, 2.24) is 15.0 Å². The molecule has 3 nitrogen and oxygen atoms in total. The van der Waals surface area contributed by atoms with E-state index >= 15 is 0 Å². The molecule has 0 amide bonds. The van der Waals surface area contributed by atoms with Crippen LogP contribution >= 0.6 is 11.3 Å². The lowest BCUT2D eigenvalue weighted by molar-refractivity contribution is 1.07. The van der Waals surface area contributed by atoms with Crippen molar-refractivity contribution in [2.24, 2.45) is 0 Å². The quantitative estimate of drug-likeness (QED) is 0.153. The van der Waals surface area contributed by atoms with Crippen molar-refractivity contribution in [3.63, 3.8) is 0 Å². The van der Waals surface area contributed by atoms with Gasteiger partial charge in [-0.05, 0) is 89.3 Å². The lowest BCUT2D eigenvalue weighted by atomic mass is 9.87. The van der Waals surface area contributed by atoms with Gasteiger partial charge in [0, 0.05) is 36.9 Å². The molecule has 2 aromatic heterocycles. The van der Waals surface area contributed by atoms with Gasteiger partial charge < -0.3 is 0 Å². The summed E-state index contributed by atoms with van der Waals surface area (Å²) in [6.07, 6.45) is 0. The summed E-state index contributed by atoms with van der Waals surface area (Å²) < 4.78 is 2.63. The van der Waals surface area contributed by atoms with Crippen LogP contribution < -0.4 is 0 Å². The fourth-order valence-corrected chi connectivity index (χ4v) is 11.2. The smallest absolute Gasteiger partial charge is 0.164 e. The summed E-state index contributed by atoms with van der Waals surface area (Å²) in [6, 6.07) is 88.9. The highest BCUT2D eigenvalue weighted by molar-refractivity contribution is 7.25. The number of thiophene rings is 1. The first-order valence-electron chi connectivity index (χ1n) is 23.3. The Kier molecular flexibility index (Phi) is 10.0. The van der Waals surface area contributed by atoms with Gasteiger partial charge in [0.2, 0.25) is 0 Å².